The van der Waals surface area contributed by atoms with E-state index in [-0.39, 0.29) is 30.3 Å². The van der Waals surface area contributed by atoms with E-state index >= 15 is 0 Å². The maximum Gasteiger partial charge on any atom is 0.253 e. The van der Waals surface area contributed by atoms with Gasteiger partial charge in [-0.2, -0.15) is 0 Å². The van der Waals surface area contributed by atoms with Gasteiger partial charge in [-0.05, 0) is 62.9 Å². The maximum absolute atomic E-state index is 14.0. The van der Waals surface area contributed by atoms with E-state index in [0.717, 1.165) is 49.9 Å². The Labute approximate surface area is 213 Å². The van der Waals surface area contributed by atoms with Crippen molar-refractivity contribution in [2.24, 2.45) is 0 Å². The molecule has 7 nitrogen and oxygen atoms in total. The first-order valence-electron chi connectivity index (χ1n) is 13.4. The van der Waals surface area contributed by atoms with Crippen LogP contribution in [0.3, 0.4) is 0 Å². The first kappa shape index (κ1) is 24.5. The molecule has 0 unspecified atom stereocenters. The second-order valence-electron chi connectivity index (χ2n) is 10.3. The zero-order valence-electron chi connectivity index (χ0n) is 21.1. The predicted molar refractivity (Wildman–Crippen MR) is 141 cm³/mol. The number of hydrogen-bond donors (Lipinski definition) is 1. The highest BCUT2D eigenvalue weighted by Gasteiger charge is 2.52. The highest BCUT2D eigenvalue weighted by molar-refractivity contribution is 6.15. The number of rotatable bonds is 6. The Morgan fingerprint density at radius 3 is 2.36 bits per heavy atom. The van der Waals surface area contributed by atoms with E-state index < -0.39 is 5.54 Å². The number of likely N-dealkylation sites (tertiary alicyclic amines) is 1. The van der Waals surface area contributed by atoms with Crippen LogP contribution in [0.4, 0.5) is 11.4 Å². The molecule has 2 fully saturated rings. The molecule has 1 saturated carbocycles. The molecule has 1 aliphatic carbocycles. The third kappa shape index (κ3) is 4.52. The Hall–Kier alpha value is -3.19. The van der Waals surface area contributed by atoms with Gasteiger partial charge in [0.2, 0.25) is 5.91 Å². The van der Waals surface area contributed by atoms with Gasteiger partial charge in [0.1, 0.15) is 5.54 Å². The number of piperidine rings is 1. The molecule has 2 heterocycles. The molecule has 0 radical (unpaired) electrons. The molecule has 7 heteroatoms. The van der Waals surface area contributed by atoms with Crippen LogP contribution in [0, 0.1) is 0 Å². The number of hydrogen-bond acceptors (Lipinski definition) is 4. The summed E-state index contributed by atoms with van der Waals surface area (Å²) < 4.78 is 0. The van der Waals surface area contributed by atoms with Gasteiger partial charge in [-0.25, -0.2) is 0 Å². The largest absolute Gasteiger partial charge is 0.339 e. The molecule has 3 amide bonds. The molecule has 5 rings (SSSR count). The van der Waals surface area contributed by atoms with E-state index in [1.54, 1.807) is 0 Å². The summed E-state index contributed by atoms with van der Waals surface area (Å²) in [7, 11) is 0. The predicted octanol–water partition coefficient (Wildman–Crippen LogP) is 4.30. The highest BCUT2D eigenvalue weighted by Crippen LogP contribution is 2.45. The normalized spacial score (nSPS) is 19.4. The summed E-state index contributed by atoms with van der Waals surface area (Å²) in [4.78, 5) is 46.2. The zero-order chi connectivity index (χ0) is 25.1. The van der Waals surface area contributed by atoms with Crippen molar-refractivity contribution in [2.45, 2.75) is 63.5 Å². The standard InChI is InChI=1S/C29H36N4O3/c1-2-18-32(23-14-19-31(20-15-23)27(35)22-10-4-3-5-11-22)21-26(34)33-25-13-7-6-12-24(25)30-28(36)29(33)16-8-9-17-29/h3-7,10-13,23H,2,8-9,14-21H2,1H3,(H,30,36). The van der Waals surface area contributed by atoms with Crippen LogP contribution in [0.25, 0.3) is 0 Å². The molecular formula is C29H36N4O3. The molecule has 0 atom stereocenters. The number of amides is 3. The van der Waals surface area contributed by atoms with Crippen molar-refractivity contribution in [3.8, 4) is 0 Å². The third-order valence-electron chi connectivity index (χ3n) is 8.06. The lowest BCUT2D eigenvalue weighted by Crippen LogP contribution is -2.62. The second kappa shape index (κ2) is 10.4. The molecule has 1 saturated heterocycles. The van der Waals surface area contributed by atoms with Crippen LogP contribution in [0.5, 0.6) is 0 Å². The summed E-state index contributed by atoms with van der Waals surface area (Å²) in [5.41, 5.74) is 1.46. The summed E-state index contributed by atoms with van der Waals surface area (Å²) >= 11 is 0. The Bertz CT molecular complexity index is 1100. The number of carbonyl (C=O) groups excluding carboxylic acids is 3. The monoisotopic (exact) mass is 488 g/mol. The lowest BCUT2D eigenvalue weighted by Gasteiger charge is -2.46. The van der Waals surface area contributed by atoms with Gasteiger partial charge in [-0.3, -0.25) is 24.2 Å². The van der Waals surface area contributed by atoms with Crippen LogP contribution in [0.1, 0.15) is 62.2 Å². The molecule has 1 N–H and O–H groups in total. The molecule has 36 heavy (non-hydrogen) atoms. The first-order valence-corrected chi connectivity index (χ1v) is 13.4. The molecule has 3 aliphatic rings. The third-order valence-corrected chi connectivity index (χ3v) is 8.06. The lowest BCUT2D eigenvalue weighted by molar-refractivity contribution is -0.128. The smallest absolute Gasteiger partial charge is 0.253 e. The minimum Gasteiger partial charge on any atom is -0.339 e. The Balaban J connectivity index is 1.31. The van der Waals surface area contributed by atoms with Crippen molar-refractivity contribution in [1.82, 2.24) is 9.80 Å². The van der Waals surface area contributed by atoms with Gasteiger partial charge in [-0.1, -0.05) is 50.1 Å². The fraction of sp³-hybridized carbons (Fsp3) is 0.483. The number of anilines is 2. The van der Waals surface area contributed by atoms with Crippen molar-refractivity contribution in [1.29, 1.82) is 0 Å². The van der Waals surface area contributed by atoms with Crippen LogP contribution in [0.2, 0.25) is 0 Å². The fourth-order valence-corrected chi connectivity index (χ4v) is 6.25. The molecule has 2 aliphatic heterocycles. The van der Waals surface area contributed by atoms with E-state index in [1.165, 1.54) is 0 Å². The summed E-state index contributed by atoms with van der Waals surface area (Å²) in [6, 6.07) is 17.3. The van der Waals surface area contributed by atoms with Gasteiger partial charge < -0.3 is 10.2 Å². The minimum absolute atomic E-state index is 0.00422. The molecular weight excluding hydrogens is 452 g/mol. The van der Waals surface area contributed by atoms with Crippen molar-refractivity contribution in [3.63, 3.8) is 0 Å². The number of nitrogens with zero attached hydrogens (tertiary/aromatic N) is 3. The Kier molecular flexibility index (Phi) is 7.10. The van der Waals surface area contributed by atoms with Crippen LogP contribution in [-0.2, 0) is 9.59 Å². The number of para-hydroxylation sites is 2. The van der Waals surface area contributed by atoms with Crippen molar-refractivity contribution >= 4 is 29.1 Å². The minimum atomic E-state index is -0.783. The molecule has 0 bridgehead atoms. The van der Waals surface area contributed by atoms with Crippen molar-refractivity contribution in [2.75, 3.05) is 36.4 Å². The molecule has 2 aromatic rings. The van der Waals surface area contributed by atoms with Gasteiger partial charge in [0.15, 0.2) is 0 Å². The van der Waals surface area contributed by atoms with E-state index in [1.807, 2.05) is 64.4 Å². The quantitative estimate of drug-likeness (QED) is 0.658. The van der Waals surface area contributed by atoms with Gasteiger partial charge in [-0.15, -0.1) is 0 Å². The Morgan fingerprint density at radius 2 is 1.67 bits per heavy atom. The Morgan fingerprint density at radius 1 is 1.00 bits per heavy atom. The molecule has 2 aromatic carbocycles. The van der Waals surface area contributed by atoms with E-state index in [2.05, 4.69) is 17.1 Å². The van der Waals surface area contributed by atoms with Crippen LogP contribution in [0.15, 0.2) is 54.6 Å². The second-order valence-corrected chi connectivity index (χ2v) is 10.3. The average Bonchev–Trinajstić information content (AvgIpc) is 3.39. The number of carbonyl (C=O) groups is 3. The number of benzene rings is 2. The van der Waals surface area contributed by atoms with Crippen LogP contribution >= 0.6 is 0 Å². The maximum atomic E-state index is 14.0. The molecule has 0 aromatic heterocycles. The first-order chi connectivity index (χ1) is 17.5. The average molecular weight is 489 g/mol. The molecule has 190 valence electrons. The van der Waals surface area contributed by atoms with E-state index in [0.29, 0.717) is 31.6 Å². The van der Waals surface area contributed by atoms with Crippen LogP contribution in [-0.4, -0.2) is 65.3 Å². The van der Waals surface area contributed by atoms with Gasteiger partial charge in [0, 0.05) is 24.7 Å². The van der Waals surface area contributed by atoms with Crippen molar-refractivity contribution in [3.05, 3.63) is 60.2 Å². The zero-order valence-corrected chi connectivity index (χ0v) is 21.1. The summed E-state index contributed by atoms with van der Waals surface area (Å²) in [5, 5.41) is 3.06. The fourth-order valence-electron chi connectivity index (χ4n) is 6.25. The van der Waals surface area contributed by atoms with Crippen molar-refractivity contribution < 1.29 is 14.4 Å². The summed E-state index contributed by atoms with van der Waals surface area (Å²) in [6.07, 6.45) is 5.93. The highest BCUT2D eigenvalue weighted by atomic mass is 16.2. The summed E-state index contributed by atoms with van der Waals surface area (Å²) in [6.45, 7) is 4.61. The molecule has 1 spiro atoms. The van der Waals surface area contributed by atoms with Gasteiger partial charge >= 0.3 is 0 Å². The number of nitrogens with one attached hydrogen (secondary N) is 1. The van der Waals surface area contributed by atoms with E-state index in [9.17, 15) is 14.4 Å². The van der Waals surface area contributed by atoms with Gasteiger partial charge in [0.05, 0.1) is 17.9 Å². The SMILES string of the molecule is CCCN(CC(=O)N1c2ccccc2NC(=O)C12CCCC2)C1CCN(C(=O)c2ccccc2)CC1. The van der Waals surface area contributed by atoms with E-state index in [4.69, 9.17) is 0 Å². The topological polar surface area (TPSA) is 73.0 Å². The summed E-state index contributed by atoms with van der Waals surface area (Å²) in [5.74, 6) is 0.0172. The lowest BCUT2D eigenvalue weighted by atomic mass is 9.89. The number of fused-ring (bicyclic) bond motifs is 1. The van der Waals surface area contributed by atoms with Gasteiger partial charge in [0.25, 0.3) is 11.8 Å². The van der Waals surface area contributed by atoms with Crippen LogP contribution < -0.4 is 10.2 Å².